The van der Waals surface area contributed by atoms with Crippen molar-refractivity contribution < 1.29 is 18.7 Å². The van der Waals surface area contributed by atoms with Crippen molar-refractivity contribution in [2.75, 3.05) is 26.0 Å². The molecule has 1 aromatic carbocycles. The second-order valence-corrected chi connectivity index (χ2v) is 8.86. The Kier molecular flexibility index (Phi) is 7.35. The summed E-state index contributed by atoms with van der Waals surface area (Å²) in [6.07, 6.45) is -0.143. The van der Waals surface area contributed by atoms with Crippen LogP contribution in [0.1, 0.15) is 34.8 Å². The van der Waals surface area contributed by atoms with Gasteiger partial charge in [0.15, 0.2) is 0 Å². The van der Waals surface area contributed by atoms with Crippen LogP contribution >= 0.6 is 11.3 Å². The molecule has 2 aromatic heterocycles. The number of esters is 1. The van der Waals surface area contributed by atoms with Gasteiger partial charge in [0.1, 0.15) is 15.5 Å². The summed E-state index contributed by atoms with van der Waals surface area (Å²) in [6, 6.07) is 9.85. The largest absolute Gasteiger partial charge is 0.465 e. The summed E-state index contributed by atoms with van der Waals surface area (Å²) >= 11 is 1.17. The van der Waals surface area contributed by atoms with Crippen LogP contribution in [0.2, 0.25) is 0 Å². The van der Waals surface area contributed by atoms with Gasteiger partial charge in [-0.2, -0.15) is 0 Å². The third-order valence-corrected chi connectivity index (χ3v) is 5.75. The number of anilines is 1. The molecule has 0 aliphatic rings. The number of benzene rings is 1. The first-order valence-electron chi connectivity index (χ1n) is 10.0. The van der Waals surface area contributed by atoms with Crippen molar-refractivity contribution in [2.45, 2.75) is 26.8 Å². The SMILES string of the molecule is COC(=O)c1sc2nc(CN(C)CC(C)C)ccc2c1NC(=O)Cc1ccccc1F. The molecule has 0 spiro atoms. The number of hydrogen-bond donors (Lipinski definition) is 1. The highest BCUT2D eigenvalue weighted by Gasteiger charge is 2.22. The molecule has 0 aliphatic heterocycles. The van der Waals surface area contributed by atoms with Crippen molar-refractivity contribution in [3.8, 4) is 0 Å². The molecule has 8 heteroatoms. The smallest absolute Gasteiger partial charge is 0.350 e. The molecule has 0 unspecified atom stereocenters. The Morgan fingerprint density at radius 2 is 1.97 bits per heavy atom. The maximum Gasteiger partial charge on any atom is 0.350 e. The summed E-state index contributed by atoms with van der Waals surface area (Å²) in [6.45, 7) is 5.93. The van der Waals surface area contributed by atoms with Crippen molar-refractivity contribution in [1.29, 1.82) is 0 Å². The third-order valence-electron chi connectivity index (χ3n) is 4.67. The van der Waals surface area contributed by atoms with Gasteiger partial charge in [-0.3, -0.25) is 4.79 Å². The highest BCUT2D eigenvalue weighted by molar-refractivity contribution is 7.21. The number of methoxy groups -OCH3 is 1. The number of rotatable bonds is 8. The van der Waals surface area contributed by atoms with Crippen LogP contribution < -0.4 is 5.32 Å². The number of aromatic nitrogens is 1. The van der Waals surface area contributed by atoms with Crippen LogP contribution in [0.15, 0.2) is 36.4 Å². The summed E-state index contributed by atoms with van der Waals surface area (Å²) in [5, 5.41) is 3.42. The number of pyridine rings is 1. The average molecular weight is 444 g/mol. The highest BCUT2D eigenvalue weighted by atomic mass is 32.1. The lowest BCUT2D eigenvalue weighted by Gasteiger charge is -2.18. The predicted molar refractivity (Wildman–Crippen MR) is 121 cm³/mol. The first kappa shape index (κ1) is 22.8. The van der Waals surface area contributed by atoms with Gasteiger partial charge < -0.3 is 15.0 Å². The normalized spacial score (nSPS) is 11.3. The maximum atomic E-state index is 13.9. The van der Waals surface area contributed by atoms with E-state index in [-0.39, 0.29) is 16.9 Å². The van der Waals surface area contributed by atoms with Crippen molar-refractivity contribution in [2.24, 2.45) is 5.92 Å². The number of amides is 1. The molecule has 0 radical (unpaired) electrons. The first-order valence-corrected chi connectivity index (χ1v) is 10.8. The zero-order valence-electron chi connectivity index (χ0n) is 18.1. The molecule has 2 heterocycles. The quantitative estimate of drug-likeness (QED) is 0.520. The molecule has 31 heavy (non-hydrogen) atoms. The van der Waals surface area contributed by atoms with Crippen LogP contribution in [-0.4, -0.2) is 42.5 Å². The third kappa shape index (κ3) is 5.65. The van der Waals surface area contributed by atoms with E-state index in [1.54, 1.807) is 18.2 Å². The fourth-order valence-corrected chi connectivity index (χ4v) is 4.49. The minimum absolute atomic E-state index is 0.143. The van der Waals surface area contributed by atoms with Crippen molar-refractivity contribution in [3.63, 3.8) is 0 Å². The predicted octanol–water partition coefficient (Wildman–Crippen LogP) is 4.49. The summed E-state index contributed by atoms with van der Waals surface area (Å²) in [4.78, 5) is 32.7. The molecule has 3 aromatic rings. The van der Waals surface area contributed by atoms with Crippen molar-refractivity contribution in [3.05, 3.63) is 58.3 Å². The Balaban J connectivity index is 1.89. The van der Waals surface area contributed by atoms with E-state index in [0.29, 0.717) is 28.4 Å². The minimum atomic E-state index is -0.553. The van der Waals surface area contributed by atoms with Gasteiger partial charge in [0, 0.05) is 18.5 Å². The molecular formula is C23H26FN3O3S. The Bertz CT molecular complexity index is 1100. The number of carbonyl (C=O) groups is 2. The lowest BCUT2D eigenvalue weighted by molar-refractivity contribution is -0.115. The van der Waals surface area contributed by atoms with Gasteiger partial charge in [-0.25, -0.2) is 14.2 Å². The lowest BCUT2D eigenvalue weighted by Crippen LogP contribution is -2.23. The molecule has 0 aliphatic carbocycles. The van der Waals surface area contributed by atoms with Crippen LogP contribution in [0.5, 0.6) is 0 Å². The second kappa shape index (κ2) is 9.98. The zero-order chi connectivity index (χ0) is 22.5. The van der Waals surface area contributed by atoms with Crippen molar-refractivity contribution >= 4 is 39.1 Å². The van der Waals surface area contributed by atoms with Gasteiger partial charge in [-0.15, -0.1) is 11.3 Å². The van der Waals surface area contributed by atoms with Gasteiger partial charge >= 0.3 is 5.97 Å². The van der Waals surface area contributed by atoms with Gasteiger partial charge in [-0.1, -0.05) is 32.0 Å². The number of halogens is 1. The zero-order valence-corrected chi connectivity index (χ0v) is 18.9. The molecule has 6 nitrogen and oxygen atoms in total. The van der Waals surface area contributed by atoms with E-state index in [1.807, 2.05) is 19.2 Å². The minimum Gasteiger partial charge on any atom is -0.465 e. The summed E-state index contributed by atoms with van der Waals surface area (Å²) in [5.74, 6) is -0.881. The van der Waals surface area contributed by atoms with Gasteiger partial charge in [0.25, 0.3) is 0 Å². The Morgan fingerprint density at radius 3 is 2.65 bits per heavy atom. The van der Waals surface area contributed by atoms with Gasteiger partial charge in [0.2, 0.25) is 5.91 Å². The van der Waals surface area contributed by atoms with Gasteiger partial charge in [0.05, 0.1) is 24.9 Å². The Hall–Kier alpha value is -2.84. The number of carbonyl (C=O) groups excluding carboxylic acids is 2. The molecule has 0 atom stereocenters. The van der Waals surface area contributed by atoms with E-state index in [9.17, 15) is 14.0 Å². The van der Waals surface area contributed by atoms with Crippen molar-refractivity contribution in [1.82, 2.24) is 9.88 Å². The van der Waals surface area contributed by atoms with Crippen LogP contribution in [0.3, 0.4) is 0 Å². The fourth-order valence-electron chi connectivity index (χ4n) is 3.43. The Labute approximate surface area is 185 Å². The van der Waals surface area contributed by atoms with E-state index in [2.05, 4.69) is 29.0 Å². The Morgan fingerprint density at radius 1 is 1.23 bits per heavy atom. The van der Waals surface area contributed by atoms with E-state index in [1.165, 1.54) is 24.5 Å². The number of nitrogens with one attached hydrogen (secondary N) is 1. The number of nitrogens with zero attached hydrogens (tertiary/aromatic N) is 2. The number of thiophene rings is 1. The molecular weight excluding hydrogens is 417 g/mol. The molecule has 0 saturated carbocycles. The number of ether oxygens (including phenoxy) is 1. The molecule has 1 N–H and O–H groups in total. The molecule has 0 fully saturated rings. The van der Waals surface area contributed by atoms with E-state index >= 15 is 0 Å². The summed E-state index contributed by atoms with van der Waals surface area (Å²) in [5.41, 5.74) is 1.51. The number of hydrogen-bond acceptors (Lipinski definition) is 6. The fraction of sp³-hybridized carbons (Fsp3) is 0.348. The van der Waals surface area contributed by atoms with Crippen LogP contribution in [0.25, 0.3) is 10.2 Å². The van der Waals surface area contributed by atoms with Crippen LogP contribution in [0.4, 0.5) is 10.1 Å². The molecule has 164 valence electrons. The van der Waals surface area contributed by atoms with Gasteiger partial charge in [-0.05, 0) is 36.7 Å². The summed E-state index contributed by atoms with van der Waals surface area (Å²) in [7, 11) is 3.33. The molecule has 1 amide bonds. The summed E-state index contributed by atoms with van der Waals surface area (Å²) < 4.78 is 18.8. The topological polar surface area (TPSA) is 71.5 Å². The standard InChI is InChI=1S/C23H26FN3O3S/c1-14(2)12-27(3)13-16-9-10-17-20(21(23(29)30-4)31-22(17)25-16)26-19(28)11-15-7-5-6-8-18(15)24/h5-10,14H,11-13H2,1-4H3,(H,26,28). The maximum absolute atomic E-state index is 13.9. The molecule has 0 bridgehead atoms. The number of fused-ring (bicyclic) bond motifs is 1. The monoisotopic (exact) mass is 443 g/mol. The van der Waals surface area contributed by atoms with Crippen LogP contribution in [0, 0.1) is 11.7 Å². The first-order chi connectivity index (χ1) is 14.8. The molecule has 3 rings (SSSR count). The second-order valence-electron chi connectivity index (χ2n) is 7.86. The lowest BCUT2D eigenvalue weighted by atomic mass is 10.1. The van der Waals surface area contributed by atoms with E-state index < -0.39 is 17.7 Å². The van der Waals surface area contributed by atoms with E-state index in [4.69, 9.17) is 4.74 Å². The van der Waals surface area contributed by atoms with E-state index in [0.717, 1.165) is 12.2 Å². The average Bonchev–Trinajstić information content (AvgIpc) is 3.06. The van der Waals surface area contributed by atoms with Crippen LogP contribution in [-0.2, 0) is 22.5 Å². The highest BCUT2D eigenvalue weighted by Crippen LogP contribution is 2.35. The molecule has 0 saturated heterocycles.